The second-order valence-corrected chi connectivity index (χ2v) is 9.27. The molecule has 0 heterocycles. The van der Waals surface area contributed by atoms with Gasteiger partial charge in [-0.3, -0.25) is 0 Å². The van der Waals surface area contributed by atoms with Crippen molar-refractivity contribution in [1.29, 1.82) is 0 Å². The minimum atomic E-state index is -0.509. The predicted octanol–water partition coefficient (Wildman–Crippen LogP) is 6.72. The van der Waals surface area contributed by atoms with Crippen LogP contribution in [0.4, 0.5) is 0 Å². The van der Waals surface area contributed by atoms with Crippen molar-refractivity contribution in [3.8, 4) is 0 Å². The van der Waals surface area contributed by atoms with E-state index in [9.17, 15) is 0 Å². The van der Waals surface area contributed by atoms with Crippen molar-refractivity contribution in [2.75, 3.05) is 13.2 Å². The molecule has 228 valence electrons. The van der Waals surface area contributed by atoms with Crippen LogP contribution in [0.5, 0.6) is 0 Å². The second kappa shape index (κ2) is 44.7. The quantitative estimate of drug-likeness (QED) is 0.167. The van der Waals surface area contributed by atoms with Crippen LogP contribution in [0.15, 0.2) is 0 Å². The first-order valence-corrected chi connectivity index (χ1v) is 14.8. The molecule has 0 saturated carbocycles. The number of aliphatic hydroxyl groups excluding tert-OH is 6. The first kappa shape index (κ1) is 48.8. The van der Waals surface area contributed by atoms with Crippen molar-refractivity contribution in [3.63, 3.8) is 0 Å². The van der Waals surface area contributed by atoms with E-state index in [1.165, 1.54) is 25.7 Å². The summed E-state index contributed by atoms with van der Waals surface area (Å²) < 4.78 is 0. The van der Waals surface area contributed by atoms with Crippen molar-refractivity contribution in [2.24, 2.45) is 11.8 Å². The maximum absolute atomic E-state index is 8.67. The minimum Gasteiger partial charge on any atom is -0.394 e. The molecule has 0 saturated heterocycles. The number of hydrogen-bond donors (Lipinski definition) is 6. The van der Waals surface area contributed by atoms with Crippen molar-refractivity contribution in [2.45, 2.75) is 172 Å². The summed E-state index contributed by atoms with van der Waals surface area (Å²) in [6.07, 6.45) is 8.98. The molecule has 0 aromatic heterocycles. The van der Waals surface area contributed by atoms with Gasteiger partial charge in [-0.15, -0.1) is 0 Å². The van der Waals surface area contributed by atoms with Crippen molar-refractivity contribution in [3.05, 3.63) is 0 Å². The van der Waals surface area contributed by atoms with Crippen LogP contribution < -0.4 is 0 Å². The summed E-state index contributed by atoms with van der Waals surface area (Å²) in [6.45, 7) is 24.8. The molecule has 6 N–H and O–H groups in total. The fourth-order valence-corrected chi connectivity index (χ4v) is 1.41. The van der Waals surface area contributed by atoms with Gasteiger partial charge >= 0.3 is 0 Å². The lowest BCUT2D eigenvalue weighted by molar-refractivity contribution is 0.0923. The van der Waals surface area contributed by atoms with Crippen LogP contribution >= 0.6 is 0 Å². The first-order valence-electron chi connectivity index (χ1n) is 14.8. The largest absolute Gasteiger partial charge is 0.394 e. The zero-order valence-electron chi connectivity index (χ0n) is 26.6. The summed E-state index contributed by atoms with van der Waals surface area (Å²) in [7, 11) is 0. The van der Waals surface area contributed by atoms with E-state index in [4.69, 9.17) is 30.6 Å². The maximum Gasteiger partial charge on any atom is 0.0768 e. The lowest BCUT2D eigenvalue weighted by Gasteiger charge is -1.98. The van der Waals surface area contributed by atoms with Crippen LogP contribution in [0.3, 0.4) is 0 Å². The van der Waals surface area contributed by atoms with E-state index in [1.807, 2.05) is 41.5 Å². The molecule has 6 heteroatoms. The van der Waals surface area contributed by atoms with Gasteiger partial charge in [0.2, 0.25) is 0 Å². The minimum absolute atomic E-state index is 0.0648. The molecule has 36 heavy (non-hydrogen) atoms. The van der Waals surface area contributed by atoms with E-state index in [2.05, 4.69) is 41.5 Å². The molecule has 0 amide bonds. The van der Waals surface area contributed by atoms with Gasteiger partial charge in [-0.05, 0) is 50.4 Å². The standard InChI is InChI=1S/2C6H14.2C5H12O.2C4H10O2/c2*1-4-6(3)5-2;2*1-3-5(6)4-2;2*1-2-4(6)3-5/h2*6H,4-5H2,1-3H3;2*5-6H,3-4H2,1-2H3;2*4-6H,2-3H2,1H3/t;;;;2*4-/m....10/s1. The van der Waals surface area contributed by atoms with Crippen LogP contribution in [0.25, 0.3) is 0 Å². The fraction of sp³-hybridized carbons (Fsp3) is 1.00. The summed E-state index contributed by atoms with van der Waals surface area (Å²) in [5.41, 5.74) is 0. The maximum atomic E-state index is 8.67. The molecule has 6 nitrogen and oxygen atoms in total. The Balaban J connectivity index is -0.0000000750. The zero-order valence-corrected chi connectivity index (χ0v) is 26.6. The third-order valence-electron chi connectivity index (χ3n) is 6.04. The molecule has 0 radical (unpaired) electrons. The first-order chi connectivity index (χ1) is 16.8. The third kappa shape index (κ3) is 64.2. The van der Waals surface area contributed by atoms with Gasteiger partial charge in [0.25, 0.3) is 0 Å². The van der Waals surface area contributed by atoms with Gasteiger partial charge in [0.1, 0.15) is 0 Å². The Hall–Kier alpha value is -0.240. The van der Waals surface area contributed by atoms with Gasteiger partial charge in [-0.1, -0.05) is 109 Å². The molecule has 0 aromatic carbocycles. The van der Waals surface area contributed by atoms with E-state index in [0.29, 0.717) is 12.8 Å². The molecule has 0 rings (SSSR count). The number of rotatable bonds is 12. The summed E-state index contributed by atoms with van der Waals surface area (Å²) in [4.78, 5) is 0. The second-order valence-electron chi connectivity index (χ2n) is 9.27. The molecular formula is C30H72O6. The molecule has 0 spiro atoms. The molecule has 0 aliphatic heterocycles. The van der Waals surface area contributed by atoms with Crippen LogP contribution in [0.1, 0.15) is 147 Å². The molecule has 0 fully saturated rings. The van der Waals surface area contributed by atoms with E-state index in [1.54, 1.807) is 0 Å². The molecule has 0 aromatic rings. The SMILES string of the molecule is CCC(C)CC.CCC(C)CC.CCC(O)CC.CCC(O)CC.CC[C@@H](O)CO.CC[C@H](O)CO. The molecular weight excluding hydrogens is 456 g/mol. The Morgan fingerprint density at radius 2 is 0.500 bits per heavy atom. The van der Waals surface area contributed by atoms with Crippen molar-refractivity contribution in [1.82, 2.24) is 0 Å². The summed E-state index contributed by atoms with van der Waals surface area (Å²) in [5, 5.41) is 50.3. The number of aliphatic hydroxyl groups is 6. The normalized spacial score (nSPS) is 11.5. The monoisotopic (exact) mass is 529 g/mol. The summed E-state index contributed by atoms with van der Waals surface area (Å²) >= 11 is 0. The van der Waals surface area contributed by atoms with Gasteiger partial charge < -0.3 is 30.6 Å². The van der Waals surface area contributed by atoms with Crippen LogP contribution in [-0.2, 0) is 0 Å². The highest BCUT2D eigenvalue weighted by Crippen LogP contribution is 2.03. The van der Waals surface area contributed by atoms with E-state index < -0.39 is 12.2 Å². The Morgan fingerprint density at radius 3 is 0.500 bits per heavy atom. The van der Waals surface area contributed by atoms with Crippen LogP contribution in [0, 0.1) is 11.8 Å². The lowest BCUT2D eigenvalue weighted by Crippen LogP contribution is -2.08. The Kier molecular flexibility index (Phi) is 60.6. The van der Waals surface area contributed by atoms with E-state index in [0.717, 1.165) is 37.5 Å². The van der Waals surface area contributed by atoms with Gasteiger partial charge in [-0.2, -0.15) is 0 Å². The Bertz CT molecular complexity index is 216. The highest BCUT2D eigenvalue weighted by molar-refractivity contribution is 4.45. The lowest BCUT2D eigenvalue weighted by atomic mass is 10.1. The molecule has 0 bridgehead atoms. The van der Waals surface area contributed by atoms with Gasteiger partial charge in [-0.25, -0.2) is 0 Å². The van der Waals surface area contributed by atoms with Gasteiger partial charge in [0.05, 0.1) is 37.6 Å². The fourth-order valence-electron chi connectivity index (χ4n) is 1.41. The van der Waals surface area contributed by atoms with Gasteiger partial charge in [0, 0.05) is 0 Å². The smallest absolute Gasteiger partial charge is 0.0768 e. The highest BCUT2D eigenvalue weighted by Gasteiger charge is 1.93. The summed E-state index contributed by atoms with van der Waals surface area (Å²) in [6, 6.07) is 0. The zero-order chi connectivity index (χ0) is 29.9. The molecule has 0 aliphatic rings. The van der Waals surface area contributed by atoms with Crippen molar-refractivity contribution >= 4 is 0 Å². The Labute approximate surface area is 227 Å². The van der Waals surface area contributed by atoms with Crippen LogP contribution in [0.2, 0.25) is 0 Å². The third-order valence-corrected chi connectivity index (χ3v) is 6.04. The highest BCUT2D eigenvalue weighted by atomic mass is 16.3. The molecule has 0 aliphatic carbocycles. The number of hydrogen-bond acceptors (Lipinski definition) is 6. The van der Waals surface area contributed by atoms with Crippen LogP contribution in [-0.4, -0.2) is 68.3 Å². The van der Waals surface area contributed by atoms with Gasteiger partial charge in [0.15, 0.2) is 0 Å². The van der Waals surface area contributed by atoms with Crippen molar-refractivity contribution < 1.29 is 30.6 Å². The van der Waals surface area contributed by atoms with E-state index >= 15 is 0 Å². The Morgan fingerprint density at radius 1 is 0.333 bits per heavy atom. The molecule has 2 atom stereocenters. The predicted molar refractivity (Wildman–Crippen MR) is 159 cm³/mol. The topological polar surface area (TPSA) is 121 Å². The van der Waals surface area contributed by atoms with E-state index in [-0.39, 0.29) is 25.4 Å². The average Bonchev–Trinajstić information content (AvgIpc) is 2.95. The molecule has 0 unspecified atom stereocenters. The average molecular weight is 529 g/mol. The summed E-state index contributed by atoms with van der Waals surface area (Å²) in [5.74, 6) is 1.87.